The van der Waals surface area contributed by atoms with Gasteiger partial charge in [-0.3, -0.25) is 14.2 Å². The van der Waals surface area contributed by atoms with Crippen LogP contribution in [0.1, 0.15) is 11.4 Å². The summed E-state index contributed by atoms with van der Waals surface area (Å²) in [6.07, 6.45) is 1.68. The van der Waals surface area contributed by atoms with E-state index in [-0.39, 0.29) is 24.4 Å². The van der Waals surface area contributed by atoms with E-state index >= 15 is 0 Å². The molecule has 0 spiro atoms. The molecule has 28 heavy (non-hydrogen) atoms. The SMILES string of the molecule is Cc1nc(-c2ccc(NC(=O)CCn3cnc4ccccc4c3=O)cc2)cs1. The molecule has 2 aromatic heterocycles. The van der Waals surface area contributed by atoms with Crippen molar-refractivity contribution in [2.24, 2.45) is 0 Å². The third-order valence-corrected chi connectivity index (χ3v) is 5.17. The van der Waals surface area contributed by atoms with Crippen LogP contribution in [0.5, 0.6) is 0 Å². The molecule has 0 atom stereocenters. The normalized spacial score (nSPS) is 10.9. The van der Waals surface area contributed by atoms with Gasteiger partial charge in [-0.15, -0.1) is 11.3 Å². The van der Waals surface area contributed by atoms with Crippen molar-refractivity contribution in [3.63, 3.8) is 0 Å². The molecule has 140 valence electrons. The third-order valence-electron chi connectivity index (χ3n) is 4.39. The summed E-state index contributed by atoms with van der Waals surface area (Å²) in [6, 6.07) is 14.8. The van der Waals surface area contributed by atoms with Crippen molar-refractivity contribution < 1.29 is 4.79 Å². The number of hydrogen-bond acceptors (Lipinski definition) is 5. The zero-order valence-corrected chi connectivity index (χ0v) is 16.1. The quantitative estimate of drug-likeness (QED) is 0.561. The topological polar surface area (TPSA) is 76.9 Å². The van der Waals surface area contributed by atoms with Crippen LogP contribution in [0.15, 0.2) is 65.0 Å². The highest BCUT2D eigenvalue weighted by atomic mass is 32.1. The third kappa shape index (κ3) is 3.84. The van der Waals surface area contributed by atoms with E-state index < -0.39 is 0 Å². The summed E-state index contributed by atoms with van der Waals surface area (Å²) in [5, 5.41) is 6.45. The van der Waals surface area contributed by atoms with Crippen LogP contribution in [0.2, 0.25) is 0 Å². The molecule has 0 fully saturated rings. The van der Waals surface area contributed by atoms with Crippen molar-refractivity contribution in [1.82, 2.24) is 14.5 Å². The number of nitrogens with one attached hydrogen (secondary N) is 1. The first kappa shape index (κ1) is 18.1. The lowest BCUT2D eigenvalue weighted by atomic mass is 10.1. The van der Waals surface area contributed by atoms with Gasteiger partial charge in [-0.05, 0) is 31.2 Å². The van der Waals surface area contributed by atoms with E-state index in [4.69, 9.17) is 0 Å². The number of anilines is 1. The van der Waals surface area contributed by atoms with E-state index in [1.54, 1.807) is 29.5 Å². The number of nitrogens with zero attached hydrogens (tertiary/aromatic N) is 3. The molecule has 1 amide bonds. The number of amides is 1. The summed E-state index contributed by atoms with van der Waals surface area (Å²) in [6.45, 7) is 2.25. The van der Waals surface area contributed by atoms with E-state index in [0.29, 0.717) is 16.6 Å². The van der Waals surface area contributed by atoms with Gasteiger partial charge in [-0.25, -0.2) is 9.97 Å². The number of carbonyl (C=O) groups is 1. The Kier molecular flexibility index (Phi) is 4.99. The summed E-state index contributed by atoms with van der Waals surface area (Å²) in [5.74, 6) is -0.155. The van der Waals surface area contributed by atoms with Crippen LogP contribution >= 0.6 is 11.3 Å². The Hall–Kier alpha value is -3.32. The lowest BCUT2D eigenvalue weighted by Gasteiger charge is -2.08. The van der Waals surface area contributed by atoms with E-state index in [2.05, 4.69) is 15.3 Å². The monoisotopic (exact) mass is 390 g/mol. The van der Waals surface area contributed by atoms with Crippen LogP contribution < -0.4 is 10.9 Å². The average molecular weight is 390 g/mol. The molecule has 7 heteroatoms. The highest BCUT2D eigenvalue weighted by molar-refractivity contribution is 7.09. The molecule has 4 rings (SSSR count). The van der Waals surface area contributed by atoms with Crippen LogP contribution in [0.25, 0.3) is 22.2 Å². The largest absolute Gasteiger partial charge is 0.326 e. The minimum Gasteiger partial charge on any atom is -0.326 e. The van der Waals surface area contributed by atoms with Gasteiger partial charge in [0.15, 0.2) is 0 Å². The zero-order valence-electron chi connectivity index (χ0n) is 15.3. The minimum absolute atomic E-state index is 0.138. The van der Waals surface area contributed by atoms with Gasteiger partial charge in [0, 0.05) is 29.6 Å². The second-order valence-corrected chi connectivity index (χ2v) is 7.45. The van der Waals surface area contributed by atoms with E-state index in [9.17, 15) is 9.59 Å². The second kappa shape index (κ2) is 7.74. The van der Waals surface area contributed by atoms with Gasteiger partial charge in [0.05, 0.1) is 27.9 Å². The van der Waals surface area contributed by atoms with Crippen molar-refractivity contribution in [1.29, 1.82) is 0 Å². The van der Waals surface area contributed by atoms with Gasteiger partial charge in [0.25, 0.3) is 5.56 Å². The standard InChI is InChI=1S/C21H18N4O2S/c1-14-23-19(12-28-14)15-6-8-16(9-7-15)24-20(26)10-11-25-13-22-18-5-3-2-4-17(18)21(25)27/h2-9,12-13H,10-11H2,1H3,(H,24,26). The Balaban J connectivity index is 1.39. The molecular formula is C21H18N4O2S. The number of para-hydroxylation sites is 1. The highest BCUT2D eigenvalue weighted by Crippen LogP contribution is 2.23. The predicted octanol–water partition coefficient (Wildman–Crippen LogP) is 3.86. The minimum atomic E-state index is -0.155. The van der Waals surface area contributed by atoms with Crippen molar-refractivity contribution in [2.75, 3.05) is 5.32 Å². The van der Waals surface area contributed by atoms with Gasteiger partial charge < -0.3 is 5.32 Å². The molecule has 6 nitrogen and oxygen atoms in total. The lowest BCUT2D eigenvalue weighted by molar-refractivity contribution is -0.116. The van der Waals surface area contributed by atoms with Crippen LogP contribution in [-0.2, 0) is 11.3 Å². The molecule has 0 bridgehead atoms. The number of hydrogen-bond donors (Lipinski definition) is 1. The van der Waals surface area contributed by atoms with Crippen LogP contribution in [0, 0.1) is 6.92 Å². The maximum Gasteiger partial charge on any atom is 0.261 e. The molecule has 0 saturated heterocycles. The molecular weight excluding hydrogens is 372 g/mol. The van der Waals surface area contributed by atoms with Crippen LogP contribution in [0.3, 0.4) is 0 Å². The van der Waals surface area contributed by atoms with E-state index in [0.717, 1.165) is 16.3 Å². The molecule has 2 heterocycles. The average Bonchev–Trinajstić information content (AvgIpc) is 3.14. The first-order chi connectivity index (χ1) is 13.6. The van der Waals surface area contributed by atoms with Gasteiger partial charge >= 0.3 is 0 Å². The highest BCUT2D eigenvalue weighted by Gasteiger charge is 2.08. The van der Waals surface area contributed by atoms with Crippen molar-refractivity contribution in [2.45, 2.75) is 19.9 Å². The molecule has 0 aliphatic rings. The zero-order chi connectivity index (χ0) is 19.5. The van der Waals surface area contributed by atoms with Crippen molar-refractivity contribution in [3.05, 3.63) is 75.6 Å². The van der Waals surface area contributed by atoms with Gasteiger partial charge in [0.2, 0.25) is 5.91 Å². The summed E-state index contributed by atoms with van der Waals surface area (Å²) in [7, 11) is 0. The maximum atomic E-state index is 12.5. The van der Waals surface area contributed by atoms with Gasteiger partial charge in [0.1, 0.15) is 0 Å². The summed E-state index contributed by atoms with van der Waals surface area (Å²) in [5.41, 5.74) is 3.18. The van der Waals surface area contributed by atoms with Crippen molar-refractivity contribution in [3.8, 4) is 11.3 Å². The Morgan fingerprint density at radius 1 is 1.14 bits per heavy atom. The Bertz CT molecular complexity index is 1190. The summed E-state index contributed by atoms with van der Waals surface area (Å²) < 4.78 is 1.47. The number of aryl methyl sites for hydroxylation is 2. The molecule has 0 aliphatic heterocycles. The van der Waals surface area contributed by atoms with E-state index in [1.165, 1.54) is 10.9 Å². The fourth-order valence-corrected chi connectivity index (χ4v) is 3.55. The molecule has 1 N–H and O–H groups in total. The van der Waals surface area contributed by atoms with Crippen molar-refractivity contribution >= 4 is 33.8 Å². The van der Waals surface area contributed by atoms with Crippen LogP contribution in [-0.4, -0.2) is 20.4 Å². The number of aromatic nitrogens is 3. The molecule has 4 aromatic rings. The second-order valence-electron chi connectivity index (χ2n) is 6.39. The fraction of sp³-hybridized carbons (Fsp3) is 0.143. The fourth-order valence-electron chi connectivity index (χ4n) is 2.93. The number of carbonyl (C=O) groups excluding carboxylic acids is 1. The summed E-state index contributed by atoms with van der Waals surface area (Å²) in [4.78, 5) is 33.4. The predicted molar refractivity (Wildman–Crippen MR) is 112 cm³/mol. The van der Waals surface area contributed by atoms with Gasteiger partial charge in [-0.2, -0.15) is 0 Å². The summed E-state index contributed by atoms with van der Waals surface area (Å²) >= 11 is 1.61. The molecule has 0 aliphatic carbocycles. The molecule has 0 unspecified atom stereocenters. The molecule has 0 saturated carbocycles. The molecule has 0 radical (unpaired) electrons. The number of rotatable bonds is 5. The first-order valence-corrected chi connectivity index (χ1v) is 9.75. The number of fused-ring (bicyclic) bond motifs is 1. The number of thiazole rings is 1. The Morgan fingerprint density at radius 2 is 1.93 bits per heavy atom. The van der Waals surface area contributed by atoms with Gasteiger partial charge in [-0.1, -0.05) is 24.3 Å². The molecule has 2 aromatic carbocycles. The maximum absolute atomic E-state index is 12.5. The smallest absolute Gasteiger partial charge is 0.261 e. The number of benzene rings is 2. The lowest BCUT2D eigenvalue weighted by Crippen LogP contribution is -2.23. The van der Waals surface area contributed by atoms with E-state index in [1.807, 2.05) is 42.6 Å². The first-order valence-electron chi connectivity index (χ1n) is 8.87. The Labute approximate surface area is 165 Å². The Morgan fingerprint density at radius 3 is 2.68 bits per heavy atom. The van der Waals surface area contributed by atoms with Crippen LogP contribution in [0.4, 0.5) is 5.69 Å².